The summed E-state index contributed by atoms with van der Waals surface area (Å²) in [6, 6.07) is 4.02. The second kappa shape index (κ2) is 7.04. The first-order valence-corrected chi connectivity index (χ1v) is 7.50. The highest BCUT2D eigenvalue weighted by Gasteiger charge is 2.18. The highest BCUT2D eigenvalue weighted by molar-refractivity contribution is 7.15. The number of furan rings is 1. The summed E-state index contributed by atoms with van der Waals surface area (Å²) in [7, 11) is 1.91. The lowest BCUT2D eigenvalue weighted by molar-refractivity contribution is 0.417. The van der Waals surface area contributed by atoms with Crippen LogP contribution in [0.25, 0.3) is 22.4 Å². The van der Waals surface area contributed by atoms with Gasteiger partial charge in [0.05, 0.1) is 6.26 Å². The van der Waals surface area contributed by atoms with Crippen LogP contribution in [0.15, 0.2) is 27.3 Å². The predicted octanol–water partition coefficient (Wildman–Crippen LogP) is 3.33. The molecule has 8 heteroatoms. The molecule has 1 N–H and O–H groups in total. The van der Waals surface area contributed by atoms with E-state index in [4.69, 9.17) is 8.94 Å². The lowest BCUT2D eigenvalue weighted by Gasteiger charge is -2.04. The number of aryl methyl sites for hydroxylation is 1. The van der Waals surface area contributed by atoms with Crippen LogP contribution in [-0.2, 0) is 6.42 Å². The molecule has 22 heavy (non-hydrogen) atoms. The minimum absolute atomic E-state index is 0. The maximum Gasteiger partial charge on any atom is 0.277 e. The molecule has 0 radical (unpaired) electrons. The fourth-order valence-electron chi connectivity index (χ4n) is 1.91. The third-order valence-electron chi connectivity index (χ3n) is 3.18. The van der Waals surface area contributed by atoms with E-state index in [1.807, 2.05) is 26.1 Å². The molecule has 3 aromatic heterocycles. The standard InChI is InChI=1S/C14H16N4O2S.ClH/c1-8(15-3)7-11-16-13(20-18-11)12-9(2)21-14(17-12)10-5-4-6-19-10;/h4-6,8,15H,7H2,1-3H3;1H. The Kier molecular flexibility index (Phi) is 5.33. The summed E-state index contributed by atoms with van der Waals surface area (Å²) >= 11 is 1.55. The van der Waals surface area contributed by atoms with E-state index < -0.39 is 0 Å². The molecule has 1 unspecified atom stereocenters. The summed E-state index contributed by atoms with van der Waals surface area (Å²) in [5.41, 5.74) is 0.724. The molecule has 0 amide bonds. The van der Waals surface area contributed by atoms with Crippen LogP contribution in [-0.4, -0.2) is 28.2 Å². The molecule has 3 heterocycles. The van der Waals surface area contributed by atoms with E-state index in [1.165, 1.54) is 0 Å². The lowest BCUT2D eigenvalue weighted by Crippen LogP contribution is -2.24. The van der Waals surface area contributed by atoms with Gasteiger partial charge in [-0.15, -0.1) is 23.7 Å². The number of hydrogen-bond donors (Lipinski definition) is 1. The third-order valence-corrected chi connectivity index (χ3v) is 4.17. The summed E-state index contributed by atoms with van der Waals surface area (Å²) in [6.07, 6.45) is 2.35. The molecule has 0 aliphatic heterocycles. The fraction of sp³-hybridized carbons (Fsp3) is 0.357. The molecule has 0 aromatic carbocycles. The Morgan fingerprint density at radius 2 is 2.18 bits per heavy atom. The quantitative estimate of drug-likeness (QED) is 0.767. The van der Waals surface area contributed by atoms with Crippen LogP contribution in [0.5, 0.6) is 0 Å². The summed E-state index contributed by atoms with van der Waals surface area (Å²) in [5, 5.41) is 7.97. The molecule has 6 nitrogen and oxygen atoms in total. The smallest absolute Gasteiger partial charge is 0.277 e. The van der Waals surface area contributed by atoms with E-state index >= 15 is 0 Å². The molecule has 0 saturated heterocycles. The van der Waals surface area contributed by atoms with E-state index in [2.05, 4.69) is 27.4 Å². The van der Waals surface area contributed by atoms with Gasteiger partial charge in [-0.1, -0.05) is 5.16 Å². The summed E-state index contributed by atoms with van der Waals surface area (Å²) in [6.45, 7) is 4.05. The number of nitrogens with zero attached hydrogens (tertiary/aromatic N) is 3. The Balaban J connectivity index is 0.00000176. The SMILES string of the molecule is CNC(C)Cc1noc(-c2nc(-c3ccco3)sc2C)n1.Cl. The Labute approximate surface area is 138 Å². The number of aromatic nitrogens is 3. The first-order chi connectivity index (χ1) is 10.2. The zero-order chi connectivity index (χ0) is 14.8. The van der Waals surface area contributed by atoms with Crippen molar-refractivity contribution in [1.29, 1.82) is 0 Å². The minimum Gasteiger partial charge on any atom is -0.462 e. The second-order valence-corrected chi connectivity index (χ2v) is 6.01. The van der Waals surface area contributed by atoms with Crippen LogP contribution in [0.2, 0.25) is 0 Å². The van der Waals surface area contributed by atoms with Gasteiger partial charge in [-0.25, -0.2) is 4.98 Å². The highest BCUT2D eigenvalue weighted by atomic mass is 35.5. The van der Waals surface area contributed by atoms with Crippen LogP contribution >= 0.6 is 23.7 Å². The van der Waals surface area contributed by atoms with E-state index in [9.17, 15) is 0 Å². The molecular weight excluding hydrogens is 324 g/mol. The number of rotatable bonds is 5. The number of likely N-dealkylation sites (N-methyl/N-ethyl adjacent to an activating group) is 1. The molecule has 0 bridgehead atoms. The Morgan fingerprint density at radius 3 is 2.86 bits per heavy atom. The van der Waals surface area contributed by atoms with Crippen molar-refractivity contribution < 1.29 is 8.94 Å². The summed E-state index contributed by atoms with van der Waals surface area (Å²) < 4.78 is 10.7. The fourth-order valence-corrected chi connectivity index (χ4v) is 2.78. The van der Waals surface area contributed by atoms with Crippen molar-refractivity contribution in [2.75, 3.05) is 7.05 Å². The van der Waals surface area contributed by atoms with Crippen molar-refractivity contribution in [1.82, 2.24) is 20.4 Å². The van der Waals surface area contributed by atoms with Crippen molar-refractivity contribution in [2.24, 2.45) is 0 Å². The van der Waals surface area contributed by atoms with Crippen molar-refractivity contribution in [3.05, 3.63) is 29.1 Å². The van der Waals surface area contributed by atoms with E-state index in [-0.39, 0.29) is 12.4 Å². The first kappa shape index (κ1) is 16.7. The van der Waals surface area contributed by atoms with Gasteiger partial charge in [-0.2, -0.15) is 4.98 Å². The Bertz CT molecular complexity index is 723. The van der Waals surface area contributed by atoms with Crippen LogP contribution in [0.1, 0.15) is 17.6 Å². The van der Waals surface area contributed by atoms with Crippen molar-refractivity contribution in [3.8, 4) is 22.4 Å². The van der Waals surface area contributed by atoms with Gasteiger partial charge in [0.2, 0.25) is 0 Å². The molecular formula is C14H17ClN4O2S. The largest absolute Gasteiger partial charge is 0.462 e. The Morgan fingerprint density at radius 1 is 1.36 bits per heavy atom. The molecule has 3 rings (SSSR count). The average molecular weight is 341 g/mol. The number of hydrogen-bond acceptors (Lipinski definition) is 7. The van der Waals surface area contributed by atoms with Gasteiger partial charge in [0.25, 0.3) is 5.89 Å². The number of thiazole rings is 1. The van der Waals surface area contributed by atoms with Crippen LogP contribution < -0.4 is 5.32 Å². The summed E-state index contributed by atoms with van der Waals surface area (Å²) in [4.78, 5) is 9.99. The average Bonchev–Trinajstić information content (AvgIpc) is 3.18. The maximum absolute atomic E-state index is 5.37. The molecule has 3 aromatic rings. The molecule has 0 saturated carbocycles. The van der Waals surface area contributed by atoms with E-state index in [1.54, 1.807) is 17.6 Å². The maximum atomic E-state index is 5.37. The topological polar surface area (TPSA) is 77.0 Å². The molecule has 0 spiro atoms. The molecule has 0 aliphatic carbocycles. The van der Waals surface area contributed by atoms with Gasteiger partial charge in [0, 0.05) is 17.3 Å². The molecule has 118 valence electrons. The molecule has 0 fully saturated rings. The zero-order valence-electron chi connectivity index (χ0n) is 12.5. The van der Waals surface area contributed by atoms with Crippen LogP contribution in [0, 0.1) is 6.92 Å². The van der Waals surface area contributed by atoms with Gasteiger partial charge in [0.1, 0.15) is 5.69 Å². The molecule has 1 atom stereocenters. The monoisotopic (exact) mass is 340 g/mol. The van der Waals surface area contributed by atoms with E-state index in [0.29, 0.717) is 24.2 Å². The minimum atomic E-state index is 0. The summed E-state index contributed by atoms with van der Waals surface area (Å²) in [5.74, 6) is 1.89. The Hall–Kier alpha value is -1.70. The zero-order valence-corrected chi connectivity index (χ0v) is 14.1. The molecule has 0 aliphatic rings. The van der Waals surface area contributed by atoms with Gasteiger partial charge >= 0.3 is 0 Å². The second-order valence-electron chi connectivity index (χ2n) is 4.81. The van der Waals surface area contributed by atoms with Crippen LogP contribution in [0.4, 0.5) is 0 Å². The highest BCUT2D eigenvalue weighted by Crippen LogP contribution is 2.32. The number of halogens is 1. The normalized spacial score (nSPS) is 12.1. The van der Waals surface area contributed by atoms with Gasteiger partial charge < -0.3 is 14.3 Å². The predicted molar refractivity (Wildman–Crippen MR) is 87.3 cm³/mol. The van der Waals surface area contributed by atoms with Crippen molar-refractivity contribution in [2.45, 2.75) is 26.3 Å². The van der Waals surface area contributed by atoms with Gasteiger partial charge in [0.15, 0.2) is 16.6 Å². The number of nitrogens with one attached hydrogen (secondary N) is 1. The van der Waals surface area contributed by atoms with E-state index in [0.717, 1.165) is 21.3 Å². The van der Waals surface area contributed by atoms with Crippen LogP contribution in [0.3, 0.4) is 0 Å². The first-order valence-electron chi connectivity index (χ1n) is 6.69. The van der Waals surface area contributed by atoms with Crippen molar-refractivity contribution in [3.63, 3.8) is 0 Å². The van der Waals surface area contributed by atoms with Gasteiger partial charge in [-0.3, -0.25) is 0 Å². The van der Waals surface area contributed by atoms with Gasteiger partial charge in [-0.05, 0) is 33.0 Å². The van der Waals surface area contributed by atoms with Crippen molar-refractivity contribution >= 4 is 23.7 Å². The third kappa shape index (κ3) is 3.37. The lowest BCUT2D eigenvalue weighted by atomic mass is 10.2.